The summed E-state index contributed by atoms with van der Waals surface area (Å²) in [6, 6.07) is 11.0. The first kappa shape index (κ1) is 20.4. The quantitative estimate of drug-likeness (QED) is 0.785. The largest absolute Gasteiger partial charge is 0.434 e. The fourth-order valence-electron chi connectivity index (χ4n) is 2.22. The summed E-state index contributed by atoms with van der Waals surface area (Å²) >= 11 is 0. The third-order valence-corrected chi connectivity index (χ3v) is 3.81. The van der Waals surface area contributed by atoms with Gasteiger partial charge < -0.3 is 15.4 Å². The normalized spacial score (nSPS) is 11.2. The number of carbonyl (C=O) groups excluding carboxylic acids is 2. The van der Waals surface area contributed by atoms with Gasteiger partial charge in [0.05, 0.1) is 0 Å². The summed E-state index contributed by atoms with van der Waals surface area (Å²) < 4.78 is 29.3. The van der Waals surface area contributed by atoms with Gasteiger partial charge in [0, 0.05) is 27.9 Å². The molecule has 0 aromatic heterocycles. The summed E-state index contributed by atoms with van der Waals surface area (Å²) in [7, 11) is 0. The molecular weight excluding hydrogens is 354 g/mol. The molecule has 0 atom stereocenters. The molecule has 0 unspecified atom stereocenters. The molecule has 5 nitrogen and oxygen atoms in total. The first-order valence-electron chi connectivity index (χ1n) is 8.35. The standard InChI is InChI=1S/C20H22F2N2O3/c1-12-15(9-6-10-16(12)27-19(21)22)24-17(25)13-7-5-8-14(11-13)23-18(26)20(2,3)4/h5-11,19H,1-4H3,(H,23,26)(H,24,25). The molecule has 0 aliphatic heterocycles. The summed E-state index contributed by atoms with van der Waals surface area (Å²) in [5.74, 6) is -0.610. The summed E-state index contributed by atoms with van der Waals surface area (Å²) in [6.45, 7) is 3.99. The van der Waals surface area contributed by atoms with Crippen molar-refractivity contribution in [3.63, 3.8) is 0 Å². The number of benzene rings is 2. The molecular formula is C20H22F2N2O3. The SMILES string of the molecule is Cc1c(NC(=O)c2cccc(NC(=O)C(C)(C)C)c2)cccc1OC(F)F. The van der Waals surface area contributed by atoms with E-state index in [4.69, 9.17) is 0 Å². The van der Waals surface area contributed by atoms with Crippen molar-refractivity contribution in [1.82, 2.24) is 0 Å². The molecule has 0 saturated heterocycles. The molecule has 2 amide bonds. The molecule has 2 N–H and O–H groups in total. The predicted molar refractivity (Wildman–Crippen MR) is 100 cm³/mol. The highest BCUT2D eigenvalue weighted by atomic mass is 19.3. The lowest BCUT2D eigenvalue weighted by molar-refractivity contribution is -0.123. The molecule has 0 saturated carbocycles. The van der Waals surface area contributed by atoms with Gasteiger partial charge in [0.25, 0.3) is 5.91 Å². The van der Waals surface area contributed by atoms with Gasteiger partial charge in [-0.3, -0.25) is 9.59 Å². The maximum atomic E-state index is 12.5. The highest BCUT2D eigenvalue weighted by Crippen LogP contribution is 2.27. The average molecular weight is 376 g/mol. The van der Waals surface area contributed by atoms with Gasteiger partial charge >= 0.3 is 6.61 Å². The van der Waals surface area contributed by atoms with Crippen LogP contribution in [0.5, 0.6) is 5.75 Å². The number of hydrogen-bond donors (Lipinski definition) is 2. The molecule has 0 heterocycles. The van der Waals surface area contributed by atoms with E-state index in [-0.39, 0.29) is 11.7 Å². The zero-order chi connectivity index (χ0) is 20.2. The van der Waals surface area contributed by atoms with Crippen LogP contribution < -0.4 is 15.4 Å². The van der Waals surface area contributed by atoms with Crippen LogP contribution in [-0.2, 0) is 4.79 Å². The van der Waals surface area contributed by atoms with E-state index in [9.17, 15) is 18.4 Å². The van der Waals surface area contributed by atoms with Crippen molar-refractivity contribution in [1.29, 1.82) is 0 Å². The lowest BCUT2D eigenvalue weighted by Gasteiger charge is -2.18. The first-order valence-corrected chi connectivity index (χ1v) is 8.35. The molecule has 0 aliphatic carbocycles. The molecule has 2 aromatic rings. The molecule has 7 heteroatoms. The van der Waals surface area contributed by atoms with Gasteiger partial charge in [-0.05, 0) is 37.3 Å². The third-order valence-electron chi connectivity index (χ3n) is 3.81. The van der Waals surface area contributed by atoms with E-state index in [0.717, 1.165) is 0 Å². The van der Waals surface area contributed by atoms with Crippen LogP contribution in [0, 0.1) is 12.3 Å². The van der Waals surface area contributed by atoms with Crippen molar-refractivity contribution in [2.75, 3.05) is 10.6 Å². The zero-order valence-corrected chi connectivity index (χ0v) is 15.6. The van der Waals surface area contributed by atoms with E-state index in [0.29, 0.717) is 22.5 Å². The number of alkyl halides is 2. The van der Waals surface area contributed by atoms with Gasteiger partial charge in [-0.2, -0.15) is 8.78 Å². The van der Waals surface area contributed by atoms with Gasteiger partial charge in [0.15, 0.2) is 0 Å². The van der Waals surface area contributed by atoms with Gasteiger partial charge in [-0.25, -0.2) is 0 Å². The monoisotopic (exact) mass is 376 g/mol. The lowest BCUT2D eigenvalue weighted by atomic mass is 9.95. The van der Waals surface area contributed by atoms with Gasteiger partial charge in [0.1, 0.15) is 5.75 Å². The number of ether oxygens (including phenoxy) is 1. The van der Waals surface area contributed by atoms with E-state index in [1.54, 1.807) is 58.0 Å². The Labute approximate surface area is 156 Å². The Bertz CT molecular complexity index is 845. The van der Waals surface area contributed by atoms with Gasteiger partial charge in [-0.1, -0.05) is 32.9 Å². The smallest absolute Gasteiger partial charge is 0.387 e. The van der Waals surface area contributed by atoms with Crippen LogP contribution in [-0.4, -0.2) is 18.4 Å². The molecule has 144 valence electrons. The molecule has 2 rings (SSSR count). The number of carbonyl (C=O) groups is 2. The average Bonchev–Trinajstić information content (AvgIpc) is 2.57. The Morgan fingerprint density at radius 2 is 1.70 bits per heavy atom. The zero-order valence-electron chi connectivity index (χ0n) is 15.6. The second-order valence-corrected chi connectivity index (χ2v) is 7.05. The summed E-state index contributed by atoms with van der Waals surface area (Å²) in [5.41, 5.74) is 1.00. The number of hydrogen-bond acceptors (Lipinski definition) is 3. The van der Waals surface area contributed by atoms with Crippen LogP contribution in [0.25, 0.3) is 0 Å². The van der Waals surface area contributed by atoms with Gasteiger partial charge in [0.2, 0.25) is 5.91 Å². The Balaban J connectivity index is 2.17. The Kier molecular flexibility index (Phi) is 6.15. The van der Waals surface area contributed by atoms with E-state index >= 15 is 0 Å². The van der Waals surface area contributed by atoms with Crippen LogP contribution in [0.2, 0.25) is 0 Å². The van der Waals surface area contributed by atoms with E-state index in [1.165, 1.54) is 12.1 Å². The fourth-order valence-corrected chi connectivity index (χ4v) is 2.22. The fraction of sp³-hybridized carbons (Fsp3) is 0.300. The van der Waals surface area contributed by atoms with Crippen LogP contribution in [0.4, 0.5) is 20.2 Å². The highest BCUT2D eigenvalue weighted by molar-refractivity contribution is 6.06. The van der Waals surface area contributed by atoms with Gasteiger partial charge in [-0.15, -0.1) is 0 Å². The molecule has 2 aromatic carbocycles. The number of anilines is 2. The minimum atomic E-state index is -2.95. The topological polar surface area (TPSA) is 67.4 Å². The van der Waals surface area contributed by atoms with Crippen LogP contribution in [0.15, 0.2) is 42.5 Å². The Hall–Kier alpha value is -2.96. The number of halogens is 2. The second kappa shape index (κ2) is 8.16. The summed E-state index contributed by atoms with van der Waals surface area (Å²) in [5, 5.41) is 5.44. The minimum absolute atomic E-state index is 0.00556. The third kappa shape index (κ3) is 5.51. The van der Waals surface area contributed by atoms with Crippen LogP contribution in [0.3, 0.4) is 0 Å². The molecule has 0 aliphatic rings. The van der Waals surface area contributed by atoms with E-state index in [1.807, 2.05) is 0 Å². The maximum Gasteiger partial charge on any atom is 0.387 e. The van der Waals surface area contributed by atoms with Crippen molar-refractivity contribution in [2.24, 2.45) is 5.41 Å². The van der Waals surface area contributed by atoms with E-state index in [2.05, 4.69) is 15.4 Å². The first-order chi connectivity index (χ1) is 12.6. The molecule has 0 spiro atoms. The van der Waals surface area contributed by atoms with Crippen LogP contribution >= 0.6 is 0 Å². The number of nitrogens with one attached hydrogen (secondary N) is 2. The van der Waals surface area contributed by atoms with Crippen molar-refractivity contribution in [3.05, 3.63) is 53.6 Å². The molecule has 0 bridgehead atoms. The van der Waals surface area contributed by atoms with Crippen molar-refractivity contribution < 1.29 is 23.1 Å². The predicted octanol–water partition coefficient (Wildman–Crippen LogP) is 4.83. The minimum Gasteiger partial charge on any atom is -0.434 e. The van der Waals surface area contributed by atoms with Crippen molar-refractivity contribution >= 4 is 23.2 Å². The Morgan fingerprint density at radius 3 is 2.33 bits per heavy atom. The summed E-state index contributed by atoms with van der Waals surface area (Å²) in [4.78, 5) is 24.6. The van der Waals surface area contributed by atoms with Crippen LogP contribution in [0.1, 0.15) is 36.7 Å². The lowest BCUT2D eigenvalue weighted by Crippen LogP contribution is -2.27. The number of amides is 2. The molecule has 0 fully saturated rings. The molecule has 0 radical (unpaired) electrons. The van der Waals surface area contributed by atoms with Crippen molar-refractivity contribution in [3.8, 4) is 5.75 Å². The Morgan fingerprint density at radius 1 is 1.04 bits per heavy atom. The second-order valence-electron chi connectivity index (χ2n) is 7.05. The molecule has 27 heavy (non-hydrogen) atoms. The van der Waals surface area contributed by atoms with E-state index < -0.39 is 17.9 Å². The number of rotatable bonds is 5. The maximum absolute atomic E-state index is 12.5. The summed E-state index contributed by atoms with van der Waals surface area (Å²) in [6.07, 6.45) is 0. The van der Waals surface area contributed by atoms with Crippen molar-refractivity contribution in [2.45, 2.75) is 34.3 Å². The highest BCUT2D eigenvalue weighted by Gasteiger charge is 2.21.